The zero-order valence-corrected chi connectivity index (χ0v) is 17.6. The molecule has 0 radical (unpaired) electrons. The summed E-state index contributed by atoms with van der Waals surface area (Å²) in [5.74, 6) is 0.188. The summed E-state index contributed by atoms with van der Waals surface area (Å²) < 4.78 is 14.8. The Bertz CT molecular complexity index is 1110. The van der Waals surface area contributed by atoms with E-state index in [1.165, 1.54) is 31.4 Å². The zero-order chi connectivity index (χ0) is 22.9. The second kappa shape index (κ2) is 10.6. The maximum atomic E-state index is 12.5. The molecule has 8 heteroatoms. The molecule has 0 aromatic heterocycles. The second-order valence-electron chi connectivity index (χ2n) is 6.53. The smallest absolute Gasteiger partial charge is 0.497 e. The topological polar surface area (TPSA) is 103 Å². The molecule has 164 valence electrons. The molecule has 3 aromatic rings. The summed E-state index contributed by atoms with van der Waals surface area (Å²) in [6, 6.07) is 19.6. The van der Waals surface area contributed by atoms with Gasteiger partial charge in [-0.1, -0.05) is 12.1 Å². The van der Waals surface area contributed by atoms with Gasteiger partial charge in [-0.25, -0.2) is 4.79 Å². The van der Waals surface area contributed by atoms with Crippen LogP contribution in [0, 0.1) is 0 Å². The fourth-order valence-corrected chi connectivity index (χ4v) is 2.76. The molecule has 0 spiro atoms. The van der Waals surface area contributed by atoms with Gasteiger partial charge in [0.25, 0.3) is 11.8 Å². The predicted octanol–water partition coefficient (Wildman–Crippen LogP) is 4.74. The van der Waals surface area contributed by atoms with Gasteiger partial charge in [-0.05, 0) is 67.6 Å². The van der Waals surface area contributed by atoms with Crippen molar-refractivity contribution in [2.24, 2.45) is 0 Å². The molecule has 3 aromatic carbocycles. The Hall–Kier alpha value is -4.33. The summed E-state index contributed by atoms with van der Waals surface area (Å²) in [5, 5.41) is 5.56. The van der Waals surface area contributed by atoms with Crippen molar-refractivity contribution in [2.75, 3.05) is 24.4 Å². The van der Waals surface area contributed by atoms with Gasteiger partial charge in [-0.3, -0.25) is 9.59 Å². The number of carbonyl (C=O) groups is 3. The van der Waals surface area contributed by atoms with Gasteiger partial charge in [0.05, 0.1) is 13.7 Å². The number of hydrogen-bond acceptors (Lipinski definition) is 6. The van der Waals surface area contributed by atoms with Crippen LogP contribution in [-0.4, -0.2) is 31.7 Å². The van der Waals surface area contributed by atoms with E-state index in [4.69, 9.17) is 14.2 Å². The minimum absolute atomic E-state index is 0.207. The number of amides is 2. The minimum Gasteiger partial charge on any atom is -0.497 e. The lowest BCUT2D eigenvalue weighted by Crippen LogP contribution is -2.14. The van der Waals surface area contributed by atoms with Crippen LogP contribution in [0.4, 0.5) is 16.2 Å². The van der Waals surface area contributed by atoms with E-state index < -0.39 is 6.16 Å². The third-order valence-electron chi connectivity index (χ3n) is 4.29. The molecule has 8 nitrogen and oxygen atoms in total. The van der Waals surface area contributed by atoms with Crippen LogP contribution in [0.2, 0.25) is 0 Å². The summed E-state index contributed by atoms with van der Waals surface area (Å²) in [4.78, 5) is 36.4. The van der Waals surface area contributed by atoms with Crippen molar-refractivity contribution in [3.05, 3.63) is 83.9 Å². The lowest BCUT2D eigenvalue weighted by atomic mass is 10.2. The molecule has 0 atom stereocenters. The lowest BCUT2D eigenvalue weighted by molar-refractivity contribution is 0.101. The van der Waals surface area contributed by atoms with Gasteiger partial charge in [0.1, 0.15) is 11.5 Å². The number of benzene rings is 3. The van der Waals surface area contributed by atoms with Crippen LogP contribution in [0.25, 0.3) is 0 Å². The summed E-state index contributed by atoms with van der Waals surface area (Å²) >= 11 is 0. The van der Waals surface area contributed by atoms with Crippen LogP contribution in [0.5, 0.6) is 11.5 Å². The highest BCUT2D eigenvalue weighted by Crippen LogP contribution is 2.19. The first-order chi connectivity index (χ1) is 15.5. The fourth-order valence-electron chi connectivity index (χ4n) is 2.76. The monoisotopic (exact) mass is 434 g/mol. The van der Waals surface area contributed by atoms with Gasteiger partial charge in [0.2, 0.25) is 0 Å². The third-order valence-corrected chi connectivity index (χ3v) is 4.29. The molecular formula is C24H22N2O6. The number of nitrogens with one attached hydrogen (secondary N) is 2. The van der Waals surface area contributed by atoms with Gasteiger partial charge < -0.3 is 24.8 Å². The number of methoxy groups -OCH3 is 1. The minimum atomic E-state index is -0.808. The van der Waals surface area contributed by atoms with Crippen LogP contribution >= 0.6 is 0 Å². The number of carbonyl (C=O) groups excluding carboxylic acids is 3. The molecule has 0 aliphatic rings. The maximum Gasteiger partial charge on any atom is 0.513 e. The Kier molecular flexibility index (Phi) is 7.42. The SMILES string of the molecule is CCOC(=O)Oc1ccc(C(=O)Nc2cccc(NC(=O)c3cccc(OC)c3)c2)cc1. The van der Waals surface area contributed by atoms with Crippen LogP contribution in [0.15, 0.2) is 72.8 Å². The van der Waals surface area contributed by atoms with Crippen LogP contribution < -0.4 is 20.1 Å². The van der Waals surface area contributed by atoms with Crippen LogP contribution in [-0.2, 0) is 4.74 Å². The van der Waals surface area contributed by atoms with Crippen molar-refractivity contribution in [1.82, 2.24) is 0 Å². The summed E-state index contributed by atoms with van der Waals surface area (Å²) in [6.45, 7) is 1.88. The quantitative estimate of drug-likeness (QED) is 0.411. The second-order valence-corrected chi connectivity index (χ2v) is 6.53. The average molecular weight is 434 g/mol. The number of rotatable bonds is 7. The highest BCUT2D eigenvalue weighted by molar-refractivity contribution is 6.06. The fraction of sp³-hybridized carbons (Fsp3) is 0.125. The molecule has 2 amide bonds. The first-order valence-corrected chi connectivity index (χ1v) is 9.80. The maximum absolute atomic E-state index is 12.5. The largest absolute Gasteiger partial charge is 0.513 e. The van der Waals surface area contributed by atoms with Crippen molar-refractivity contribution >= 4 is 29.3 Å². The molecule has 0 fully saturated rings. The van der Waals surface area contributed by atoms with Crippen molar-refractivity contribution < 1.29 is 28.6 Å². The number of ether oxygens (including phenoxy) is 3. The molecule has 0 saturated carbocycles. The van der Waals surface area contributed by atoms with E-state index in [0.29, 0.717) is 28.3 Å². The molecule has 0 heterocycles. The summed E-state index contributed by atoms with van der Waals surface area (Å²) in [7, 11) is 1.53. The van der Waals surface area contributed by atoms with Crippen LogP contribution in [0.1, 0.15) is 27.6 Å². The Morgan fingerprint density at radius 2 is 1.38 bits per heavy atom. The van der Waals surface area contributed by atoms with E-state index in [1.54, 1.807) is 55.5 Å². The van der Waals surface area contributed by atoms with E-state index in [1.807, 2.05) is 0 Å². The molecule has 2 N–H and O–H groups in total. The third kappa shape index (κ3) is 6.09. The standard InChI is InChI=1S/C24H22N2O6/c1-3-31-24(29)32-20-12-10-16(11-13-20)22(27)25-18-7-5-8-19(15-18)26-23(28)17-6-4-9-21(14-17)30-2/h4-15H,3H2,1-2H3,(H,25,27)(H,26,28). The Morgan fingerprint density at radius 3 is 2.00 bits per heavy atom. The van der Waals surface area contributed by atoms with E-state index in [-0.39, 0.29) is 24.2 Å². The first kappa shape index (κ1) is 22.4. The van der Waals surface area contributed by atoms with E-state index >= 15 is 0 Å². The molecule has 0 bridgehead atoms. The van der Waals surface area contributed by atoms with Crippen molar-refractivity contribution in [3.8, 4) is 11.5 Å². The van der Waals surface area contributed by atoms with Crippen molar-refractivity contribution in [1.29, 1.82) is 0 Å². The Labute approximate surface area is 185 Å². The van der Waals surface area contributed by atoms with Crippen LogP contribution in [0.3, 0.4) is 0 Å². The molecule has 3 rings (SSSR count). The first-order valence-electron chi connectivity index (χ1n) is 9.80. The van der Waals surface area contributed by atoms with E-state index in [0.717, 1.165) is 0 Å². The van der Waals surface area contributed by atoms with Gasteiger partial charge in [0.15, 0.2) is 0 Å². The molecule has 32 heavy (non-hydrogen) atoms. The van der Waals surface area contributed by atoms with E-state index in [2.05, 4.69) is 10.6 Å². The molecule has 0 aliphatic carbocycles. The number of hydrogen-bond donors (Lipinski definition) is 2. The summed E-state index contributed by atoms with van der Waals surface area (Å²) in [6.07, 6.45) is -0.808. The molecule has 0 unspecified atom stereocenters. The van der Waals surface area contributed by atoms with Gasteiger partial charge in [0, 0.05) is 22.5 Å². The normalized spacial score (nSPS) is 10.1. The van der Waals surface area contributed by atoms with Crippen molar-refractivity contribution in [2.45, 2.75) is 6.92 Å². The average Bonchev–Trinajstić information content (AvgIpc) is 2.80. The molecule has 0 aliphatic heterocycles. The van der Waals surface area contributed by atoms with Crippen molar-refractivity contribution in [3.63, 3.8) is 0 Å². The van der Waals surface area contributed by atoms with Gasteiger partial charge in [-0.2, -0.15) is 0 Å². The number of anilines is 2. The van der Waals surface area contributed by atoms with E-state index in [9.17, 15) is 14.4 Å². The highest BCUT2D eigenvalue weighted by Gasteiger charge is 2.11. The Morgan fingerprint density at radius 1 is 0.750 bits per heavy atom. The molecule has 0 saturated heterocycles. The Balaban J connectivity index is 1.63. The van der Waals surface area contributed by atoms with Gasteiger partial charge in [-0.15, -0.1) is 0 Å². The summed E-state index contributed by atoms with van der Waals surface area (Å²) in [5.41, 5.74) is 1.84. The highest BCUT2D eigenvalue weighted by atomic mass is 16.7. The zero-order valence-electron chi connectivity index (χ0n) is 17.6. The van der Waals surface area contributed by atoms with Gasteiger partial charge >= 0.3 is 6.16 Å². The molecular weight excluding hydrogens is 412 g/mol. The lowest BCUT2D eigenvalue weighted by Gasteiger charge is -2.10. The predicted molar refractivity (Wildman–Crippen MR) is 119 cm³/mol.